The van der Waals surface area contributed by atoms with Crippen molar-refractivity contribution >= 4 is 5.97 Å². The molecule has 1 aliphatic heterocycles. The number of aromatic nitrogens is 2. The summed E-state index contributed by atoms with van der Waals surface area (Å²) in [5.74, 6) is -0.976. The van der Waals surface area contributed by atoms with Crippen molar-refractivity contribution in [2.45, 2.75) is 32.9 Å². The summed E-state index contributed by atoms with van der Waals surface area (Å²) in [7, 11) is 0. The molecule has 2 heterocycles. The quantitative estimate of drug-likeness (QED) is 0.797. The van der Waals surface area contributed by atoms with Crippen LogP contribution in [0.3, 0.4) is 0 Å². The van der Waals surface area contributed by atoms with E-state index in [2.05, 4.69) is 5.10 Å². The molecule has 0 spiro atoms. The number of carboxylic acid groups (broad SMARTS) is 1. The highest BCUT2D eigenvalue weighted by atomic mass is 16.5. The first kappa shape index (κ1) is 10.2. The molecule has 5 nitrogen and oxygen atoms in total. The molecule has 1 N–H and O–H groups in total. The molecule has 82 valence electrons. The summed E-state index contributed by atoms with van der Waals surface area (Å²) in [6, 6.07) is 0.185. The molecule has 5 heteroatoms. The fourth-order valence-corrected chi connectivity index (χ4v) is 1.86. The van der Waals surface area contributed by atoms with Crippen LogP contribution in [0.4, 0.5) is 0 Å². The van der Waals surface area contributed by atoms with Crippen LogP contribution in [-0.4, -0.2) is 27.5 Å². The van der Waals surface area contributed by atoms with Crippen LogP contribution in [0.1, 0.15) is 41.6 Å². The lowest BCUT2D eigenvalue weighted by atomic mass is 10.1. The molecule has 0 fully saturated rings. The van der Waals surface area contributed by atoms with Crippen LogP contribution in [0.2, 0.25) is 0 Å². The number of nitrogens with zero attached hydrogens (tertiary/aromatic N) is 2. The molecule has 0 saturated carbocycles. The molecule has 0 saturated heterocycles. The number of ether oxygens (including phenoxy) is 1. The first-order chi connectivity index (χ1) is 7.11. The molecule has 0 radical (unpaired) electrons. The first-order valence-electron chi connectivity index (χ1n) is 5.02. The van der Waals surface area contributed by atoms with Gasteiger partial charge in [-0.1, -0.05) is 0 Å². The maximum atomic E-state index is 11.0. The highest BCUT2D eigenvalue weighted by Crippen LogP contribution is 2.23. The van der Waals surface area contributed by atoms with Gasteiger partial charge in [-0.25, -0.2) is 4.79 Å². The van der Waals surface area contributed by atoms with Crippen molar-refractivity contribution in [3.05, 3.63) is 17.0 Å². The number of rotatable bonds is 2. The number of carbonyl (C=O) groups is 1. The highest BCUT2D eigenvalue weighted by Gasteiger charge is 2.25. The van der Waals surface area contributed by atoms with Crippen LogP contribution in [0.25, 0.3) is 0 Å². The highest BCUT2D eigenvalue weighted by molar-refractivity contribution is 5.87. The third-order valence-corrected chi connectivity index (χ3v) is 2.54. The first-order valence-corrected chi connectivity index (χ1v) is 5.02. The predicted molar refractivity (Wildman–Crippen MR) is 52.9 cm³/mol. The van der Waals surface area contributed by atoms with Crippen molar-refractivity contribution in [1.29, 1.82) is 0 Å². The second-order valence-electron chi connectivity index (χ2n) is 3.92. The van der Waals surface area contributed by atoms with E-state index in [0.717, 1.165) is 17.7 Å². The Morgan fingerprint density at radius 1 is 1.60 bits per heavy atom. The van der Waals surface area contributed by atoms with Gasteiger partial charge in [-0.3, -0.25) is 4.68 Å². The van der Waals surface area contributed by atoms with Crippen LogP contribution in [0.5, 0.6) is 0 Å². The summed E-state index contributed by atoms with van der Waals surface area (Å²) >= 11 is 0. The SMILES string of the molecule is CC(C)n1nc(C(=O)O)c2c1CCOC2. The third kappa shape index (κ3) is 1.63. The molecule has 0 amide bonds. The summed E-state index contributed by atoms with van der Waals surface area (Å²) in [6.45, 7) is 5.00. The molecule has 1 aromatic heterocycles. The molecule has 0 unspecified atom stereocenters. The second-order valence-corrected chi connectivity index (χ2v) is 3.92. The number of carboxylic acids is 1. The van der Waals surface area contributed by atoms with Crippen molar-refractivity contribution in [3.8, 4) is 0 Å². The Bertz CT molecular complexity index is 396. The smallest absolute Gasteiger partial charge is 0.356 e. The minimum atomic E-state index is -0.976. The minimum Gasteiger partial charge on any atom is -0.476 e. The summed E-state index contributed by atoms with van der Waals surface area (Å²) < 4.78 is 7.06. The van der Waals surface area contributed by atoms with Gasteiger partial charge in [0.15, 0.2) is 5.69 Å². The van der Waals surface area contributed by atoms with Crippen molar-refractivity contribution in [2.24, 2.45) is 0 Å². The van der Waals surface area contributed by atoms with Crippen molar-refractivity contribution in [2.75, 3.05) is 6.61 Å². The Hall–Kier alpha value is -1.36. The van der Waals surface area contributed by atoms with Crippen LogP contribution >= 0.6 is 0 Å². The molecule has 15 heavy (non-hydrogen) atoms. The van der Waals surface area contributed by atoms with E-state index < -0.39 is 5.97 Å². The minimum absolute atomic E-state index is 0.137. The summed E-state index contributed by atoms with van der Waals surface area (Å²) in [6.07, 6.45) is 0.744. The maximum absolute atomic E-state index is 11.0. The second kappa shape index (κ2) is 3.66. The zero-order chi connectivity index (χ0) is 11.0. The predicted octanol–water partition coefficient (Wildman–Crippen LogP) is 1.23. The lowest BCUT2D eigenvalue weighted by molar-refractivity contribution is 0.0677. The number of aromatic carboxylic acids is 1. The van der Waals surface area contributed by atoms with Crippen LogP contribution in [0, 0.1) is 0 Å². The maximum Gasteiger partial charge on any atom is 0.356 e. The molecule has 2 rings (SSSR count). The van der Waals surface area contributed by atoms with E-state index in [1.54, 1.807) is 4.68 Å². The fraction of sp³-hybridized carbons (Fsp3) is 0.600. The molecule has 0 bridgehead atoms. The van der Waals surface area contributed by atoms with Gasteiger partial charge in [0.2, 0.25) is 0 Å². The van der Waals surface area contributed by atoms with E-state index in [0.29, 0.717) is 13.2 Å². The van der Waals surface area contributed by atoms with Gasteiger partial charge in [0, 0.05) is 23.7 Å². The van der Waals surface area contributed by atoms with Crippen LogP contribution < -0.4 is 0 Å². The number of hydrogen-bond donors (Lipinski definition) is 1. The zero-order valence-electron chi connectivity index (χ0n) is 8.86. The van der Waals surface area contributed by atoms with Gasteiger partial charge in [0.25, 0.3) is 0 Å². The van der Waals surface area contributed by atoms with Crippen molar-refractivity contribution < 1.29 is 14.6 Å². The topological polar surface area (TPSA) is 64.4 Å². The molecule has 0 atom stereocenters. The fourth-order valence-electron chi connectivity index (χ4n) is 1.86. The molecular weight excluding hydrogens is 196 g/mol. The van der Waals surface area contributed by atoms with Crippen molar-refractivity contribution in [1.82, 2.24) is 9.78 Å². The van der Waals surface area contributed by atoms with Gasteiger partial charge in [-0.2, -0.15) is 5.10 Å². The van der Waals surface area contributed by atoms with E-state index in [1.165, 1.54) is 0 Å². The van der Waals surface area contributed by atoms with Gasteiger partial charge in [0.05, 0.1) is 13.2 Å². The van der Waals surface area contributed by atoms with Gasteiger partial charge in [-0.05, 0) is 13.8 Å². The van der Waals surface area contributed by atoms with Gasteiger partial charge in [-0.15, -0.1) is 0 Å². The Balaban J connectivity index is 2.54. The third-order valence-electron chi connectivity index (χ3n) is 2.54. The zero-order valence-corrected chi connectivity index (χ0v) is 8.86. The Labute approximate surface area is 87.7 Å². The molecule has 0 aromatic carbocycles. The van der Waals surface area contributed by atoms with E-state index in [-0.39, 0.29) is 11.7 Å². The van der Waals surface area contributed by atoms with E-state index >= 15 is 0 Å². The van der Waals surface area contributed by atoms with Gasteiger partial charge in [0.1, 0.15) is 0 Å². The van der Waals surface area contributed by atoms with E-state index in [1.807, 2.05) is 13.8 Å². The Kier molecular flexibility index (Phi) is 2.48. The Morgan fingerprint density at radius 3 is 2.93 bits per heavy atom. The molecular formula is C10H14N2O3. The van der Waals surface area contributed by atoms with E-state index in [4.69, 9.17) is 9.84 Å². The average molecular weight is 210 g/mol. The summed E-state index contributed by atoms with van der Waals surface area (Å²) in [5.41, 5.74) is 1.88. The van der Waals surface area contributed by atoms with Gasteiger partial charge < -0.3 is 9.84 Å². The van der Waals surface area contributed by atoms with Crippen LogP contribution in [0.15, 0.2) is 0 Å². The standard InChI is InChI=1S/C10H14N2O3/c1-6(2)12-8-3-4-15-5-7(8)9(11-12)10(13)14/h6H,3-5H2,1-2H3,(H,13,14). The number of fused-ring (bicyclic) bond motifs is 1. The van der Waals surface area contributed by atoms with Crippen molar-refractivity contribution in [3.63, 3.8) is 0 Å². The monoisotopic (exact) mass is 210 g/mol. The lowest BCUT2D eigenvalue weighted by Gasteiger charge is -2.16. The molecule has 0 aliphatic carbocycles. The average Bonchev–Trinajstić information content (AvgIpc) is 2.56. The van der Waals surface area contributed by atoms with Crippen LogP contribution in [-0.2, 0) is 17.8 Å². The largest absolute Gasteiger partial charge is 0.476 e. The molecule has 1 aliphatic rings. The lowest BCUT2D eigenvalue weighted by Crippen LogP contribution is -2.15. The molecule has 1 aromatic rings. The van der Waals surface area contributed by atoms with E-state index in [9.17, 15) is 4.79 Å². The number of hydrogen-bond acceptors (Lipinski definition) is 3. The van der Waals surface area contributed by atoms with Gasteiger partial charge >= 0.3 is 5.97 Å². The normalized spacial score (nSPS) is 15.4. The summed E-state index contributed by atoms with van der Waals surface area (Å²) in [5, 5.41) is 13.1. The summed E-state index contributed by atoms with van der Waals surface area (Å²) in [4.78, 5) is 11.0. The Morgan fingerprint density at radius 2 is 2.33 bits per heavy atom.